The fraction of sp³-hybridized carbons (Fsp3) is 0. The summed E-state index contributed by atoms with van der Waals surface area (Å²) in [5.41, 5.74) is 0.518. The normalized spacial score (nSPS) is 11.8. The Bertz CT molecular complexity index is 2820. The van der Waals surface area contributed by atoms with E-state index in [0.29, 0.717) is 5.46 Å². The van der Waals surface area contributed by atoms with Gasteiger partial charge in [0.2, 0.25) is 0 Å². The van der Waals surface area contributed by atoms with Gasteiger partial charge in [0.15, 0.2) is 0 Å². The summed E-state index contributed by atoms with van der Waals surface area (Å²) in [6.07, 6.45) is 0. The van der Waals surface area contributed by atoms with Gasteiger partial charge in [0, 0.05) is 44.8 Å². The van der Waals surface area contributed by atoms with Gasteiger partial charge in [0.1, 0.15) is 0 Å². The first-order valence-corrected chi connectivity index (χ1v) is 17.5. The average molecular weight is 691 g/mol. The predicted molar refractivity (Wildman–Crippen MR) is 206 cm³/mol. The summed E-state index contributed by atoms with van der Waals surface area (Å²) < 4.78 is 6.45. The van der Waals surface area contributed by atoms with Crippen LogP contribution in [0.4, 0.5) is 0 Å². The molecule has 0 bridgehead atoms. The Morgan fingerprint density at radius 3 is 1.41 bits per heavy atom. The second-order valence-corrected chi connectivity index (χ2v) is 14.8. The van der Waals surface area contributed by atoms with Crippen LogP contribution >= 0.6 is 38.6 Å². The second-order valence-electron chi connectivity index (χ2n) is 11.7. The van der Waals surface area contributed by atoms with Crippen molar-refractivity contribution in [3.05, 3.63) is 138 Å². The monoisotopic (exact) mass is 690 g/mol. The zero-order valence-electron chi connectivity index (χ0n) is 24.4. The maximum Gasteiger partial charge on any atom is 0.488 e. The Morgan fingerprint density at radius 2 is 0.870 bits per heavy atom. The van der Waals surface area contributed by atoms with Crippen molar-refractivity contribution in [2.45, 2.75) is 0 Å². The van der Waals surface area contributed by atoms with Crippen molar-refractivity contribution in [2.24, 2.45) is 0 Å². The molecule has 46 heavy (non-hydrogen) atoms. The van der Waals surface area contributed by atoms with Gasteiger partial charge < -0.3 is 10.0 Å². The molecule has 2 nitrogen and oxygen atoms in total. The Labute approximate surface area is 281 Å². The Kier molecular flexibility index (Phi) is 6.63. The van der Waals surface area contributed by atoms with Gasteiger partial charge in [-0.15, -0.1) is 22.7 Å². The zero-order valence-corrected chi connectivity index (χ0v) is 27.6. The SMILES string of the molecule is Brc1ccc2c(ccc3cc4sc5ccccc5c4cc32)c1.OB(O)c1ccc2c(ccc3cc4sc5ccccc5c4cc32)c1. The Balaban J connectivity index is 0.000000127. The van der Waals surface area contributed by atoms with Gasteiger partial charge in [0.25, 0.3) is 0 Å². The molecular weight excluding hydrogens is 667 g/mol. The van der Waals surface area contributed by atoms with Gasteiger partial charge in [-0.05, 0) is 97.1 Å². The fourth-order valence-electron chi connectivity index (χ4n) is 6.72. The van der Waals surface area contributed by atoms with E-state index in [-0.39, 0.29) is 0 Å². The lowest BCUT2D eigenvalue weighted by molar-refractivity contribution is 0.426. The molecule has 0 aliphatic rings. The molecule has 0 aliphatic heterocycles. The fourth-order valence-corrected chi connectivity index (χ4v) is 9.37. The van der Waals surface area contributed by atoms with Gasteiger partial charge in [-0.3, -0.25) is 0 Å². The summed E-state index contributed by atoms with van der Waals surface area (Å²) in [6.45, 7) is 0. The minimum absolute atomic E-state index is 0.518. The molecule has 0 radical (unpaired) electrons. The predicted octanol–water partition coefficient (Wildman–Crippen LogP) is 11.2. The van der Waals surface area contributed by atoms with Crippen molar-refractivity contribution in [1.82, 2.24) is 0 Å². The summed E-state index contributed by atoms with van der Waals surface area (Å²) in [4.78, 5) is 0. The quantitative estimate of drug-likeness (QED) is 0.133. The Hall–Kier alpha value is -4.30. The van der Waals surface area contributed by atoms with E-state index in [0.717, 1.165) is 15.2 Å². The standard InChI is InChI=1S/C20H13BO2S.C20H11BrS/c22-21(23)14-7-8-15-12(9-14)5-6-13-10-20-18(11-17(13)15)16-3-1-2-4-19(16)24-20;21-14-7-8-15-12(9-14)5-6-13-10-20-18(11-17(13)15)16-3-1-2-4-19(16)22-20/h1-11,22-23H;1-11H. The number of fused-ring (bicyclic) bond motifs is 12. The number of benzene rings is 8. The van der Waals surface area contributed by atoms with Crippen LogP contribution in [0.15, 0.2) is 138 Å². The molecule has 6 heteroatoms. The van der Waals surface area contributed by atoms with Crippen LogP contribution in [0.1, 0.15) is 0 Å². The molecule has 10 aromatic rings. The van der Waals surface area contributed by atoms with E-state index in [9.17, 15) is 10.0 Å². The molecule has 2 N–H and O–H groups in total. The molecule has 0 fully saturated rings. The second kappa shape index (κ2) is 10.9. The van der Waals surface area contributed by atoms with E-state index in [1.807, 2.05) is 40.9 Å². The smallest absolute Gasteiger partial charge is 0.423 e. The molecule has 0 saturated carbocycles. The molecule has 0 atom stereocenters. The first-order chi connectivity index (χ1) is 22.5. The molecule has 10 rings (SSSR count). The van der Waals surface area contributed by atoms with Gasteiger partial charge in [0.05, 0.1) is 0 Å². The highest BCUT2D eigenvalue weighted by atomic mass is 79.9. The lowest BCUT2D eigenvalue weighted by Gasteiger charge is -2.07. The highest BCUT2D eigenvalue weighted by Gasteiger charge is 2.13. The van der Waals surface area contributed by atoms with Crippen molar-refractivity contribution in [2.75, 3.05) is 0 Å². The number of rotatable bonds is 1. The molecule has 0 amide bonds. The number of hydrogen-bond donors (Lipinski definition) is 2. The molecule has 0 spiro atoms. The molecule has 2 heterocycles. The topological polar surface area (TPSA) is 40.5 Å². The van der Waals surface area contributed by atoms with E-state index in [1.54, 1.807) is 6.07 Å². The van der Waals surface area contributed by atoms with Crippen LogP contribution in [-0.2, 0) is 0 Å². The van der Waals surface area contributed by atoms with E-state index in [1.165, 1.54) is 72.7 Å². The highest BCUT2D eigenvalue weighted by Crippen LogP contribution is 2.39. The minimum atomic E-state index is -1.44. The molecule has 0 unspecified atom stereocenters. The van der Waals surface area contributed by atoms with Crippen LogP contribution in [0, 0.1) is 0 Å². The minimum Gasteiger partial charge on any atom is -0.423 e. The highest BCUT2D eigenvalue weighted by molar-refractivity contribution is 9.10. The third-order valence-electron chi connectivity index (χ3n) is 8.95. The van der Waals surface area contributed by atoms with E-state index in [2.05, 4.69) is 125 Å². The largest absolute Gasteiger partial charge is 0.488 e. The van der Waals surface area contributed by atoms with Crippen LogP contribution in [0.2, 0.25) is 0 Å². The van der Waals surface area contributed by atoms with Crippen LogP contribution in [0.25, 0.3) is 83.4 Å². The van der Waals surface area contributed by atoms with Gasteiger partial charge >= 0.3 is 7.12 Å². The first-order valence-electron chi connectivity index (χ1n) is 15.1. The molecule has 218 valence electrons. The third kappa shape index (κ3) is 4.60. The van der Waals surface area contributed by atoms with Gasteiger partial charge in [-0.2, -0.15) is 0 Å². The zero-order chi connectivity index (χ0) is 30.9. The summed E-state index contributed by atoms with van der Waals surface area (Å²) in [5.74, 6) is 0. The number of hydrogen-bond acceptors (Lipinski definition) is 4. The van der Waals surface area contributed by atoms with Gasteiger partial charge in [-0.25, -0.2) is 0 Å². The lowest BCUT2D eigenvalue weighted by atomic mass is 9.79. The first kappa shape index (κ1) is 28.0. The molecule has 2 aromatic heterocycles. The van der Waals surface area contributed by atoms with E-state index < -0.39 is 7.12 Å². The van der Waals surface area contributed by atoms with Crippen molar-refractivity contribution >= 4 is 135 Å². The number of thiophene rings is 2. The van der Waals surface area contributed by atoms with Gasteiger partial charge in [-0.1, -0.05) is 101 Å². The third-order valence-corrected chi connectivity index (χ3v) is 11.7. The van der Waals surface area contributed by atoms with E-state index >= 15 is 0 Å². The van der Waals surface area contributed by atoms with Crippen molar-refractivity contribution < 1.29 is 10.0 Å². The molecule has 0 aliphatic carbocycles. The Morgan fingerprint density at radius 1 is 0.391 bits per heavy atom. The summed E-state index contributed by atoms with van der Waals surface area (Å²) in [5, 5.41) is 33.9. The summed E-state index contributed by atoms with van der Waals surface area (Å²) in [7, 11) is -1.44. The van der Waals surface area contributed by atoms with Crippen molar-refractivity contribution in [3.8, 4) is 0 Å². The van der Waals surface area contributed by atoms with Crippen LogP contribution in [0.3, 0.4) is 0 Å². The molecule has 8 aromatic carbocycles. The molecular formula is C40H24BBrO2S2. The number of halogens is 1. The van der Waals surface area contributed by atoms with Crippen LogP contribution < -0.4 is 5.46 Å². The van der Waals surface area contributed by atoms with Crippen LogP contribution in [0.5, 0.6) is 0 Å². The van der Waals surface area contributed by atoms with Crippen molar-refractivity contribution in [1.29, 1.82) is 0 Å². The lowest BCUT2D eigenvalue weighted by Crippen LogP contribution is -2.29. The summed E-state index contributed by atoms with van der Waals surface area (Å²) >= 11 is 7.26. The van der Waals surface area contributed by atoms with E-state index in [4.69, 9.17) is 0 Å². The maximum atomic E-state index is 9.39. The van der Waals surface area contributed by atoms with Crippen molar-refractivity contribution in [3.63, 3.8) is 0 Å². The van der Waals surface area contributed by atoms with Crippen LogP contribution in [-0.4, -0.2) is 17.2 Å². The average Bonchev–Trinajstić information content (AvgIpc) is 3.63. The molecule has 0 saturated heterocycles. The summed E-state index contributed by atoms with van der Waals surface area (Å²) in [6, 6.07) is 47.1. The maximum absolute atomic E-state index is 9.39.